The van der Waals surface area contributed by atoms with Crippen LogP contribution in [0.25, 0.3) is 10.9 Å². The Bertz CT molecular complexity index is 415. The van der Waals surface area contributed by atoms with Crippen LogP contribution in [-0.2, 0) is 6.42 Å². The van der Waals surface area contributed by atoms with Gasteiger partial charge in [-0.25, -0.2) is 0 Å². The number of aromatic nitrogens is 1. The molecule has 0 aliphatic carbocycles. The Morgan fingerprint density at radius 2 is 2.23 bits per heavy atom. The molecule has 0 atom stereocenters. The summed E-state index contributed by atoms with van der Waals surface area (Å²) in [6.45, 7) is 3.08. The van der Waals surface area contributed by atoms with Crippen LogP contribution in [0.5, 0.6) is 0 Å². The molecule has 1 aromatic carbocycles. The summed E-state index contributed by atoms with van der Waals surface area (Å²) in [6.07, 6.45) is 3.15. The van der Waals surface area contributed by atoms with Gasteiger partial charge in [0.1, 0.15) is 0 Å². The minimum absolute atomic E-state index is 0.959. The molecular weight excluding hydrogens is 160 g/mol. The summed E-state index contributed by atoms with van der Waals surface area (Å²) in [7, 11) is 0. The van der Waals surface area contributed by atoms with Crippen LogP contribution >= 0.6 is 0 Å². The van der Waals surface area contributed by atoms with Crippen molar-refractivity contribution < 1.29 is 5.73 Å². The lowest BCUT2D eigenvalue weighted by Crippen LogP contribution is -2.51. The predicted octanol–water partition coefficient (Wildman–Crippen LogP) is 1.26. The summed E-state index contributed by atoms with van der Waals surface area (Å²) in [6, 6.07) is 6.50. The topological polar surface area (TPSA) is 43.4 Å². The quantitative estimate of drug-likeness (QED) is 0.690. The number of aryl methyl sites for hydroxylation is 1. The second-order valence-electron chi connectivity index (χ2n) is 3.47. The number of aromatic amines is 1. The Labute approximate surface area is 77.8 Å². The van der Waals surface area contributed by atoms with Gasteiger partial charge in [-0.2, -0.15) is 0 Å². The largest absolute Gasteiger partial charge is 0.361 e. The predicted molar refractivity (Wildman–Crippen MR) is 54.5 cm³/mol. The third-order valence-corrected chi connectivity index (χ3v) is 2.37. The summed E-state index contributed by atoms with van der Waals surface area (Å²) in [5, 5.41) is 1.35. The van der Waals surface area contributed by atoms with Gasteiger partial charge in [0.2, 0.25) is 0 Å². The monoisotopic (exact) mass is 175 g/mol. The lowest BCUT2D eigenvalue weighted by molar-refractivity contribution is -0.366. The summed E-state index contributed by atoms with van der Waals surface area (Å²) in [5.74, 6) is 0. The van der Waals surface area contributed by atoms with Gasteiger partial charge in [-0.15, -0.1) is 0 Å². The summed E-state index contributed by atoms with van der Waals surface area (Å²) in [4.78, 5) is 3.27. The first kappa shape index (κ1) is 8.32. The van der Waals surface area contributed by atoms with Crippen molar-refractivity contribution in [3.05, 3.63) is 35.5 Å². The van der Waals surface area contributed by atoms with Crippen molar-refractivity contribution in [2.45, 2.75) is 13.3 Å². The maximum absolute atomic E-state index is 3.88. The van der Waals surface area contributed by atoms with Crippen LogP contribution in [-0.4, -0.2) is 11.5 Å². The molecule has 68 valence electrons. The fraction of sp³-hybridized carbons (Fsp3) is 0.273. The van der Waals surface area contributed by atoms with Gasteiger partial charge in [-0.05, 0) is 24.6 Å². The third-order valence-electron chi connectivity index (χ3n) is 2.37. The highest BCUT2D eigenvalue weighted by molar-refractivity contribution is 5.83. The van der Waals surface area contributed by atoms with E-state index >= 15 is 0 Å². The molecule has 0 fully saturated rings. The van der Waals surface area contributed by atoms with E-state index in [0.29, 0.717) is 0 Å². The molecule has 0 bridgehead atoms. The van der Waals surface area contributed by atoms with Gasteiger partial charge in [-0.3, -0.25) is 0 Å². The van der Waals surface area contributed by atoms with Gasteiger partial charge >= 0.3 is 0 Å². The van der Waals surface area contributed by atoms with Crippen LogP contribution in [0, 0.1) is 6.92 Å². The van der Waals surface area contributed by atoms with Crippen molar-refractivity contribution in [2.24, 2.45) is 0 Å². The molecule has 0 unspecified atom stereocenters. The van der Waals surface area contributed by atoms with Crippen LogP contribution in [0.3, 0.4) is 0 Å². The molecule has 0 radical (unpaired) electrons. The molecule has 0 amide bonds. The van der Waals surface area contributed by atoms with Crippen molar-refractivity contribution in [3.8, 4) is 0 Å². The summed E-state index contributed by atoms with van der Waals surface area (Å²) in [5.41, 5.74) is 7.81. The molecule has 0 saturated heterocycles. The number of rotatable bonds is 2. The number of fused-ring (bicyclic) bond motifs is 1. The molecule has 0 aliphatic rings. The maximum atomic E-state index is 3.88. The van der Waals surface area contributed by atoms with E-state index in [1.165, 1.54) is 22.0 Å². The fourth-order valence-corrected chi connectivity index (χ4v) is 1.69. The molecule has 4 N–H and O–H groups in total. The van der Waals surface area contributed by atoms with Crippen LogP contribution in [0.4, 0.5) is 0 Å². The Hall–Kier alpha value is -1.28. The number of nitrogens with one attached hydrogen (secondary N) is 1. The van der Waals surface area contributed by atoms with Gasteiger partial charge in [-0.1, -0.05) is 11.6 Å². The van der Waals surface area contributed by atoms with E-state index in [9.17, 15) is 0 Å². The Balaban J connectivity index is 2.58. The second kappa shape index (κ2) is 3.23. The summed E-state index contributed by atoms with van der Waals surface area (Å²) < 4.78 is 0. The summed E-state index contributed by atoms with van der Waals surface area (Å²) >= 11 is 0. The minimum Gasteiger partial charge on any atom is -0.361 e. The average molecular weight is 175 g/mol. The number of quaternary nitrogens is 1. The normalized spacial score (nSPS) is 10.9. The number of hydrogen-bond acceptors (Lipinski definition) is 0. The van der Waals surface area contributed by atoms with E-state index in [1.54, 1.807) is 0 Å². The van der Waals surface area contributed by atoms with Gasteiger partial charge in [0.05, 0.1) is 6.54 Å². The van der Waals surface area contributed by atoms with Crippen LogP contribution < -0.4 is 5.73 Å². The van der Waals surface area contributed by atoms with Crippen molar-refractivity contribution in [2.75, 3.05) is 6.54 Å². The zero-order valence-electron chi connectivity index (χ0n) is 7.93. The second-order valence-corrected chi connectivity index (χ2v) is 3.47. The average Bonchev–Trinajstić information content (AvgIpc) is 2.49. The van der Waals surface area contributed by atoms with Crippen molar-refractivity contribution in [3.63, 3.8) is 0 Å². The number of hydrogen-bond donors (Lipinski definition) is 2. The van der Waals surface area contributed by atoms with Crippen molar-refractivity contribution >= 4 is 10.9 Å². The van der Waals surface area contributed by atoms with E-state index in [-0.39, 0.29) is 0 Å². The fourth-order valence-electron chi connectivity index (χ4n) is 1.69. The van der Waals surface area contributed by atoms with E-state index in [1.807, 2.05) is 0 Å². The van der Waals surface area contributed by atoms with Crippen LogP contribution in [0.1, 0.15) is 11.1 Å². The Kier molecular flexibility index (Phi) is 2.07. The van der Waals surface area contributed by atoms with Gasteiger partial charge in [0, 0.05) is 23.5 Å². The lowest BCUT2D eigenvalue weighted by atomic mass is 10.1. The Morgan fingerprint density at radius 3 is 3.00 bits per heavy atom. The molecule has 2 heteroatoms. The van der Waals surface area contributed by atoms with E-state index in [2.05, 4.69) is 42.0 Å². The molecular formula is C11H15N2+. The van der Waals surface area contributed by atoms with Crippen molar-refractivity contribution in [1.82, 2.24) is 4.98 Å². The van der Waals surface area contributed by atoms with E-state index in [4.69, 9.17) is 0 Å². The van der Waals surface area contributed by atoms with Gasteiger partial charge < -0.3 is 10.7 Å². The zero-order chi connectivity index (χ0) is 9.26. The van der Waals surface area contributed by atoms with Crippen LogP contribution in [0.15, 0.2) is 24.4 Å². The standard InChI is InChI=1S/C11H14N2/c1-8-2-3-11-10(6-8)9(4-5-12)7-13-11/h2-3,6-7,13H,4-5,12H2,1H3/p+1. The maximum Gasteiger partial charge on any atom is 0.0781 e. The zero-order valence-corrected chi connectivity index (χ0v) is 7.93. The van der Waals surface area contributed by atoms with Gasteiger partial charge in [0.25, 0.3) is 0 Å². The molecule has 2 rings (SSSR count). The highest BCUT2D eigenvalue weighted by Gasteiger charge is 2.02. The molecule has 13 heavy (non-hydrogen) atoms. The Morgan fingerprint density at radius 1 is 1.38 bits per heavy atom. The van der Waals surface area contributed by atoms with Crippen molar-refractivity contribution in [1.29, 1.82) is 0 Å². The minimum atomic E-state index is 0.959. The number of H-pyrrole nitrogens is 1. The lowest BCUT2D eigenvalue weighted by Gasteiger charge is -1.96. The van der Waals surface area contributed by atoms with E-state index in [0.717, 1.165) is 13.0 Å². The SMILES string of the molecule is Cc1ccc2[nH]cc(CC[NH3+])c2c1. The van der Waals surface area contributed by atoms with Gasteiger partial charge in [0.15, 0.2) is 0 Å². The molecule has 0 spiro atoms. The molecule has 0 aliphatic heterocycles. The highest BCUT2D eigenvalue weighted by Crippen LogP contribution is 2.19. The van der Waals surface area contributed by atoms with Crippen LogP contribution in [0.2, 0.25) is 0 Å². The first-order valence-corrected chi connectivity index (χ1v) is 4.67. The first-order chi connectivity index (χ1) is 6.31. The van der Waals surface area contributed by atoms with E-state index < -0.39 is 0 Å². The molecule has 0 saturated carbocycles. The smallest absolute Gasteiger partial charge is 0.0781 e. The molecule has 2 nitrogen and oxygen atoms in total. The first-order valence-electron chi connectivity index (χ1n) is 4.67. The number of benzene rings is 1. The molecule has 1 heterocycles. The molecule has 1 aromatic heterocycles. The molecule has 2 aromatic rings. The highest BCUT2D eigenvalue weighted by atomic mass is 14.7. The third kappa shape index (κ3) is 1.45.